The third kappa shape index (κ3) is 3.69. The lowest BCUT2D eigenvalue weighted by molar-refractivity contribution is 0.797. The molecule has 2 rings (SSSR count). The standard InChI is InChI=1S/C13H12BrIN2/c14-12-8-4-5-10(13(12)15)9-16-17-11-6-2-1-3-7-11/h1-8,16-17H,9H2. The molecule has 0 fully saturated rings. The van der Waals surface area contributed by atoms with E-state index in [0.29, 0.717) is 0 Å². The molecule has 0 spiro atoms. The fourth-order valence-corrected chi connectivity index (χ4v) is 2.41. The highest BCUT2D eigenvalue weighted by Gasteiger charge is 2.02. The van der Waals surface area contributed by atoms with Crippen LogP contribution >= 0.6 is 38.5 Å². The van der Waals surface area contributed by atoms with Gasteiger partial charge in [-0.05, 0) is 62.3 Å². The Balaban J connectivity index is 1.93. The summed E-state index contributed by atoms with van der Waals surface area (Å²) in [5.41, 5.74) is 8.72. The van der Waals surface area contributed by atoms with Crippen LogP contribution in [-0.2, 0) is 6.54 Å². The highest BCUT2D eigenvalue weighted by molar-refractivity contribution is 14.1. The predicted molar refractivity (Wildman–Crippen MR) is 83.8 cm³/mol. The fourth-order valence-electron chi connectivity index (χ4n) is 1.45. The molecule has 0 aliphatic heterocycles. The van der Waals surface area contributed by atoms with Gasteiger partial charge in [0.05, 0.1) is 0 Å². The van der Waals surface area contributed by atoms with E-state index in [2.05, 4.69) is 61.5 Å². The van der Waals surface area contributed by atoms with E-state index in [4.69, 9.17) is 0 Å². The molecule has 0 heterocycles. The number of para-hydroxylation sites is 1. The number of hydrazine groups is 1. The summed E-state index contributed by atoms with van der Waals surface area (Å²) in [5.74, 6) is 0. The number of benzene rings is 2. The van der Waals surface area contributed by atoms with Crippen LogP contribution < -0.4 is 10.9 Å². The van der Waals surface area contributed by atoms with Crippen LogP contribution in [0.15, 0.2) is 53.0 Å². The van der Waals surface area contributed by atoms with Gasteiger partial charge in [0, 0.05) is 20.3 Å². The molecular weight excluding hydrogens is 391 g/mol. The van der Waals surface area contributed by atoms with Gasteiger partial charge in [-0.25, -0.2) is 5.43 Å². The molecule has 0 amide bonds. The van der Waals surface area contributed by atoms with E-state index in [1.807, 2.05) is 36.4 Å². The molecule has 2 aromatic carbocycles. The molecule has 0 saturated carbocycles. The van der Waals surface area contributed by atoms with E-state index in [-0.39, 0.29) is 0 Å². The van der Waals surface area contributed by atoms with Crippen molar-refractivity contribution in [3.63, 3.8) is 0 Å². The van der Waals surface area contributed by atoms with Crippen LogP contribution in [0.1, 0.15) is 5.56 Å². The average Bonchev–Trinajstić information content (AvgIpc) is 2.36. The van der Waals surface area contributed by atoms with Crippen molar-refractivity contribution in [2.75, 3.05) is 5.43 Å². The SMILES string of the molecule is Brc1cccc(CNNc2ccccc2)c1I. The fraction of sp³-hybridized carbons (Fsp3) is 0.0769. The number of hydrogen-bond donors (Lipinski definition) is 2. The van der Waals surface area contributed by atoms with Gasteiger partial charge in [0.25, 0.3) is 0 Å². The molecule has 0 atom stereocenters. The summed E-state index contributed by atoms with van der Waals surface area (Å²) in [4.78, 5) is 0. The molecule has 2 aromatic rings. The summed E-state index contributed by atoms with van der Waals surface area (Å²) in [6.45, 7) is 0.784. The van der Waals surface area contributed by atoms with Crippen molar-refractivity contribution in [1.29, 1.82) is 0 Å². The normalized spacial score (nSPS) is 10.2. The first-order valence-corrected chi connectivity index (χ1v) is 7.11. The molecule has 0 radical (unpaired) electrons. The monoisotopic (exact) mass is 402 g/mol. The Morgan fingerprint density at radius 1 is 1.00 bits per heavy atom. The van der Waals surface area contributed by atoms with Crippen molar-refractivity contribution in [3.05, 3.63) is 62.1 Å². The first-order chi connectivity index (χ1) is 8.27. The third-order valence-electron chi connectivity index (χ3n) is 2.32. The second kappa shape index (κ2) is 6.37. The lowest BCUT2D eigenvalue weighted by Gasteiger charge is -2.10. The van der Waals surface area contributed by atoms with Crippen LogP contribution in [-0.4, -0.2) is 0 Å². The number of nitrogens with one attached hydrogen (secondary N) is 2. The van der Waals surface area contributed by atoms with Gasteiger partial charge in [-0.1, -0.05) is 30.3 Å². The lowest BCUT2D eigenvalue weighted by Crippen LogP contribution is -2.21. The van der Waals surface area contributed by atoms with E-state index in [1.165, 1.54) is 9.13 Å². The maximum Gasteiger partial charge on any atom is 0.0487 e. The smallest absolute Gasteiger partial charge is 0.0487 e. The molecule has 0 aromatic heterocycles. The zero-order chi connectivity index (χ0) is 12.1. The van der Waals surface area contributed by atoms with Crippen molar-refractivity contribution < 1.29 is 0 Å². The Morgan fingerprint density at radius 3 is 2.53 bits per heavy atom. The predicted octanol–water partition coefficient (Wildman–Crippen LogP) is 4.17. The molecule has 17 heavy (non-hydrogen) atoms. The summed E-state index contributed by atoms with van der Waals surface area (Å²) in [5, 5.41) is 0. The quantitative estimate of drug-likeness (QED) is 0.592. The minimum absolute atomic E-state index is 0.784. The van der Waals surface area contributed by atoms with Crippen molar-refractivity contribution >= 4 is 44.2 Å². The molecule has 0 aliphatic rings. The topological polar surface area (TPSA) is 24.1 Å². The summed E-state index contributed by atoms with van der Waals surface area (Å²) in [6, 6.07) is 16.3. The highest BCUT2D eigenvalue weighted by atomic mass is 127. The molecule has 2 nitrogen and oxygen atoms in total. The third-order valence-corrected chi connectivity index (χ3v) is 4.99. The number of rotatable bonds is 4. The molecular formula is C13H12BrIN2. The largest absolute Gasteiger partial charge is 0.321 e. The van der Waals surface area contributed by atoms with E-state index >= 15 is 0 Å². The number of hydrogen-bond acceptors (Lipinski definition) is 2. The Bertz CT molecular complexity index is 488. The van der Waals surface area contributed by atoms with Crippen LogP contribution in [0.5, 0.6) is 0 Å². The van der Waals surface area contributed by atoms with Crippen LogP contribution in [0, 0.1) is 3.57 Å². The second-order valence-electron chi connectivity index (χ2n) is 3.56. The van der Waals surface area contributed by atoms with Crippen LogP contribution in [0.4, 0.5) is 5.69 Å². The molecule has 4 heteroatoms. The summed E-state index contributed by atoms with van der Waals surface area (Å²) in [7, 11) is 0. The van der Waals surface area contributed by atoms with E-state index in [1.54, 1.807) is 0 Å². The zero-order valence-corrected chi connectivity index (χ0v) is 12.8. The van der Waals surface area contributed by atoms with Crippen molar-refractivity contribution in [2.45, 2.75) is 6.54 Å². The van der Waals surface area contributed by atoms with Gasteiger partial charge in [-0.15, -0.1) is 0 Å². The van der Waals surface area contributed by atoms with Gasteiger partial charge >= 0.3 is 0 Å². The maximum absolute atomic E-state index is 3.53. The molecule has 0 bridgehead atoms. The molecule has 2 N–H and O–H groups in total. The summed E-state index contributed by atoms with van der Waals surface area (Å²) < 4.78 is 2.38. The number of halogens is 2. The average molecular weight is 403 g/mol. The van der Waals surface area contributed by atoms with Crippen LogP contribution in [0.2, 0.25) is 0 Å². The van der Waals surface area contributed by atoms with Crippen LogP contribution in [0.3, 0.4) is 0 Å². The van der Waals surface area contributed by atoms with Gasteiger partial charge < -0.3 is 5.43 Å². The van der Waals surface area contributed by atoms with Crippen molar-refractivity contribution in [1.82, 2.24) is 5.43 Å². The van der Waals surface area contributed by atoms with Crippen LogP contribution in [0.25, 0.3) is 0 Å². The molecule has 0 saturated heterocycles. The van der Waals surface area contributed by atoms with Gasteiger partial charge in [0.2, 0.25) is 0 Å². The van der Waals surface area contributed by atoms with Gasteiger partial charge in [0.15, 0.2) is 0 Å². The summed E-state index contributed by atoms with van der Waals surface area (Å²) in [6.07, 6.45) is 0. The first-order valence-electron chi connectivity index (χ1n) is 5.24. The van der Waals surface area contributed by atoms with Gasteiger partial charge in [-0.2, -0.15) is 0 Å². The van der Waals surface area contributed by atoms with E-state index in [9.17, 15) is 0 Å². The Hall–Kier alpha value is -0.590. The maximum atomic E-state index is 3.53. The second-order valence-corrected chi connectivity index (χ2v) is 5.49. The molecule has 0 aliphatic carbocycles. The number of anilines is 1. The van der Waals surface area contributed by atoms with Gasteiger partial charge in [0.1, 0.15) is 0 Å². The van der Waals surface area contributed by atoms with Crippen molar-refractivity contribution in [3.8, 4) is 0 Å². The minimum atomic E-state index is 0.784. The lowest BCUT2D eigenvalue weighted by atomic mass is 10.2. The van der Waals surface area contributed by atoms with Crippen molar-refractivity contribution in [2.24, 2.45) is 0 Å². The first kappa shape index (κ1) is 12.9. The summed E-state index contributed by atoms with van der Waals surface area (Å²) >= 11 is 5.87. The Labute approximate surface area is 123 Å². The molecule has 0 unspecified atom stereocenters. The minimum Gasteiger partial charge on any atom is -0.321 e. The van der Waals surface area contributed by atoms with Gasteiger partial charge in [-0.3, -0.25) is 0 Å². The molecule has 88 valence electrons. The Morgan fingerprint density at radius 2 is 1.76 bits per heavy atom. The van der Waals surface area contributed by atoms with E-state index < -0.39 is 0 Å². The Kier molecular flexibility index (Phi) is 4.82. The highest BCUT2D eigenvalue weighted by Crippen LogP contribution is 2.22. The zero-order valence-electron chi connectivity index (χ0n) is 9.08. The van der Waals surface area contributed by atoms with E-state index in [0.717, 1.165) is 16.7 Å².